The number of para-hydroxylation sites is 1. The van der Waals surface area contributed by atoms with Gasteiger partial charge < -0.3 is 14.5 Å². The molecule has 1 aromatic heterocycles. The second-order valence-corrected chi connectivity index (χ2v) is 10.6. The van der Waals surface area contributed by atoms with Crippen molar-refractivity contribution in [2.24, 2.45) is 5.92 Å². The van der Waals surface area contributed by atoms with E-state index in [9.17, 15) is 14.0 Å². The summed E-state index contributed by atoms with van der Waals surface area (Å²) in [6.07, 6.45) is 1.85. The Balaban J connectivity index is 1.50. The number of carbonyl (C=O) groups excluding carboxylic acids is 2. The summed E-state index contributed by atoms with van der Waals surface area (Å²) >= 11 is 1.67. The Labute approximate surface area is 216 Å². The van der Waals surface area contributed by atoms with Crippen molar-refractivity contribution in [2.45, 2.75) is 39.2 Å². The Morgan fingerprint density at radius 1 is 1.11 bits per heavy atom. The number of thiophene rings is 1. The van der Waals surface area contributed by atoms with Gasteiger partial charge >= 0.3 is 0 Å². The summed E-state index contributed by atoms with van der Waals surface area (Å²) in [4.78, 5) is 31.6. The highest BCUT2D eigenvalue weighted by molar-refractivity contribution is 7.10. The maximum absolute atomic E-state index is 14.2. The minimum atomic E-state index is -0.428. The molecule has 0 spiro atoms. The van der Waals surface area contributed by atoms with Crippen LogP contribution in [0.5, 0.6) is 5.75 Å². The van der Waals surface area contributed by atoms with Crippen LogP contribution in [0, 0.1) is 11.7 Å². The minimum absolute atomic E-state index is 0.0219. The molecule has 3 aromatic rings. The zero-order valence-electron chi connectivity index (χ0n) is 20.9. The quantitative estimate of drug-likeness (QED) is 0.363. The summed E-state index contributed by atoms with van der Waals surface area (Å²) in [5, 5.41) is 2.02. The van der Waals surface area contributed by atoms with Gasteiger partial charge in [-0.15, -0.1) is 11.3 Å². The molecule has 0 fully saturated rings. The highest BCUT2D eigenvalue weighted by Crippen LogP contribution is 2.34. The first-order valence-electron chi connectivity index (χ1n) is 12.5. The first-order valence-corrected chi connectivity index (χ1v) is 13.3. The molecule has 5 nitrogen and oxygen atoms in total. The van der Waals surface area contributed by atoms with Gasteiger partial charge in [0.25, 0.3) is 0 Å². The molecule has 4 rings (SSSR count). The monoisotopic (exact) mass is 508 g/mol. The van der Waals surface area contributed by atoms with Crippen LogP contribution >= 0.6 is 11.3 Å². The van der Waals surface area contributed by atoms with Crippen molar-refractivity contribution in [3.05, 3.63) is 87.9 Å². The Kier molecular flexibility index (Phi) is 8.75. The highest BCUT2D eigenvalue weighted by atomic mass is 32.1. The van der Waals surface area contributed by atoms with Gasteiger partial charge in [-0.1, -0.05) is 56.3 Å². The number of fused-ring (bicyclic) bond motifs is 1. The fraction of sp³-hybridized carbons (Fsp3) is 0.379. The highest BCUT2D eigenvalue weighted by Gasteiger charge is 2.33. The standard InChI is InChI=1S/C29H33FN2O3S/c1-21(2)12-15-31(28(33)18-22-8-4-3-5-9-22)19-29(34)32-16-13-27-23(14-17-36-27)25(32)20-35-26-11-7-6-10-24(26)30/h3-11,14,17,21,25H,12-13,15-16,18-20H2,1-2H3. The molecular weight excluding hydrogens is 475 g/mol. The Morgan fingerprint density at radius 3 is 2.61 bits per heavy atom. The number of carbonyl (C=O) groups is 2. The topological polar surface area (TPSA) is 49.9 Å². The van der Waals surface area contributed by atoms with Crippen LogP contribution < -0.4 is 4.74 Å². The van der Waals surface area contributed by atoms with Gasteiger partial charge in [0, 0.05) is 18.0 Å². The third-order valence-electron chi connectivity index (χ3n) is 6.50. The number of halogens is 1. The molecule has 2 aromatic carbocycles. The maximum atomic E-state index is 14.2. The number of ether oxygens (including phenoxy) is 1. The molecule has 190 valence electrons. The molecule has 2 amide bonds. The van der Waals surface area contributed by atoms with Crippen LogP contribution in [-0.2, 0) is 22.4 Å². The molecule has 1 unspecified atom stereocenters. The number of hydrogen-bond acceptors (Lipinski definition) is 4. The van der Waals surface area contributed by atoms with E-state index in [0.717, 1.165) is 24.0 Å². The van der Waals surface area contributed by atoms with Crippen LogP contribution in [0.15, 0.2) is 66.0 Å². The summed E-state index contributed by atoms with van der Waals surface area (Å²) < 4.78 is 20.0. The second kappa shape index (κ2) is 12.2. The predicted octanol–water partition coefficient (Wildman–Crippen LogP) is 5.51. The lowest BCUT2D eigenvalue weighted by atomic mass is 10.00. The zero-order chi connectivity index (χ0) is 25.5. The molecule has 1 aliphatic rings. The van der Waals surface area contributed by atoms with Crippen LogP contribution in [0.4, 0.5) is 4.39 Å². The van der Waals surface area contributed by atoms with Crippen molar-refractivity contribution in [3.63, 3.8) is 0 Å². The van der Waals surface area contributed by atoms with Gasteiger partial charge in [0.05, 0.1) is 19.0 Å². The van der Waals surface area contributed by atoms with Gasteiger partial charge in [-0.05, 0) is 53.5 Å². The van der Waals surface area contributed by atoms with E-state index in [2.05, 4.69) is 13.8 Å². The Bertz CT molecular complexity index is 1160. The molecule has 0 saturated heterocycles. The molecular formula is C29H33FN2O3S. The van der Waals surface area contributed by atoms with Gasteiger partial charge in [-0.25, -0.2) is 4.39 Å². The summed E-state index contributed by atoms with van der Waals surface area (Å²) in [6, 6.07) is 17.6. The first-order chi connectivity index (χ1) is 17.4. The molecule has 0 radical (unpaired) electrons. The van der Waals surface area contributed by atoms with E-state index in [0.29, 0.717) is 19.0 Å². The predicted molar refractivity (Wildman–Crippen MR) is 141 cm³/mol. The lowest BCUT2D eigenvalue weighted by molar-refractivity contribution is -0.142. The van der Waals surface area contributed by atoms with Gasteiger partial charge in [0.15, 0.2) is 11.6 Å². The fourth-order valence-electron chi connectivity index (χ4n) is 4.45. The van der Waals surface area contributed by atoms with Crippen molar-refractivity contribution in [1.29, 1.82) is 0 Å². The molecule has 7 heteroatoms. The molecule has 0 N–H and O–H groups in total. The fourth-order valence-corrected chi connectivity index (χ4v) is 5.38. The molecule has 0 saturated carbocycles. The normalized spacial score (nSPS) is 15.0. The molecule has 0 bridgehead atoms. The lowest BCUT2D eigenvalue weighted by Crippen LogP contribution is -2.48. The summed E-state index contributed by atoms with van der Waals surface area (Å²) in [6.45, 7) is 5.47. The van der Waals surface area contributed by atoms with Crippen molar-refractivity contribution in [3.8, 4) is 5.75 Å². The van der Waals surface area contributed by atoms with E-state index in [-0.39, 0.29) is 43.2 Å². The smallest absolute Gasteiger partial charge is 0.242 e. The van der Waals surface area contributed by atoms with Gasteiger partial charge in [-0.2, -0.15) is 0 Å². The number of amides is 2. The Morgan fingerprint density at radius 2 is 1.86 bits per heavy atom. The van der Waals surface area contributed by atoms with Crippen LogP contribution in [0.1, 0.15) is 42.3 Å². The van der Waals surface area contributed by atoms with E-state index >= 15 is 0 Å². The van der Waals surface area contributed by atoms with Crippen LogP contribution in [0.3, 0.4) is 0 Å². The van der Waals surface area contributed by atoms with Gasteiger partial charge in [-0.3, -0.25) is 9.59 Å². The van der Waals surface area contributed by atoms with E-state index in [1.807, 2.05) is 41.8 Å². The average molecular weight is 509 g/mol. The van der Waals surface area contributed by atoms with Gasteiger partial charge in [0.1, 0.15) is 6.61 Å². The SMILES string of the molecule is CC(C)CCN(CC(=O)N1CCc2sccc2C1COc1ccccc1F)C(=O)Cc1ccccc1. The van der Waals surface area contributed by atoms with Crippen molar-refractivity contribution in [2.75, 3.05) is 26.2 Å². The zero-order valence-corrected chi connectivity index (χ0v) is 21.7. The largest absolute Gasteiger partial charge is 0.488 e. The number of benzene rings is 2. The molecule has 1 atom stereocenters. The first kappa shape index (κ1) is 25.9. The number of hydrogen-bond donors (Lipinski definition) is 0. The van der Waals surface area contributed by atoms with E-state index in [1.165, 1.54) is 10.9 Å². The Hall–Kier alpha value is -3.19. The van der Waals surface area contributed by atoms with Gasteiger partial charge in [0.2, 0.25) is 11.8 Å². The third kappa shape index (κ3) is 6.52. The average Bonchev–Trinajstić information content (AvgIpc) is 3.35. The van der Waals surface area contributed by atoms with Crippen molar-refractivity contribution >= 4 is 23.2 Å². The third-order valence-corrected chi connectivity index (χ3v) is 7.50. The molecule has 0 aliphatic carbocycles. The van der Waals surface area contributed by atoms with E-state index in [4.69, 9.17) is 4.74 Å². The summed E-state index contributed by atoms with van der Waals surface area (Å²) in [5.74, 6) is -0.00826. The van der Waals surface area contributed by atoms with E-state index in [1.54, 1.807) is 39.3 Å². The van der Waals surface area contributed by atoms with Crippen LogP contribution in [-0.4, -0.2) is 47.9 Å². The summed E-state index contributed by atoms with van der Waals surface area (Å²) in [5.41, 5.74) is 1.97. The maximum Gasteiger partial charge on any atom is 0.242 e. The molecule has 1 aliphatic heterocycles. The van der Waals surface area contributed by atoms with Crippen LogP contribution in [0.2, 0.25) is 0 Å². The van der Waals surface area contributed by atoms with Crippen molar-refractivity contribution < 1.29 is 18.7 Å². The number of nitrogens with zero attached hydrogens (tertiary/aromatic N) is 2. The van der Waals surface area contributed by atoms with E-state index < -0.39 is 5.82 Å². The summed E-state index contributed by atoms with van der Waals surface area (Å²) in [7, 11) is 0. The van der Waals surface area contributed by atoms with Crippen LogP contribution in [0.25, 0.3) is 0 Å². The molecule has 2 heterocycles. The number of rotatable bonds is 10. The second-order valence-electron chi connectivity index (χ2n) is 9.55. The lowest BCUT2D eigenvalue weighted by Gasteiger charge is -2.37. The molecule has 36 heavy (non-hydrogen) atoms. The minimum Gasteiger partial charge on any atom is -0.488 e. The van der Waals surface area contributed by atoms with Crippen molar-refractivity contribution in [1.82, 2.24) is 9.80 Å².